The first-order valence-corrected chi connectivity index (χ1v) is 7.78. The highest BCUT2D eigenvalue weighted by Crippen LogP contribution is 2.36. The quantitative estimate of drug-likeness (QED) is 0.632. The monoisotopic (exact) mass is 343 g/mol. The molecule has 2 aromatic rings. The van der Waals surface area contributed by atoms with Crippen molar-refractivity contribution in [3.63, 3.8) is 0 Å². The lowest BCUT2D eigenvalue weighted by molar-refractivity contribution is 0.482. The summed E-state index contributed by atoms with van der Waals surface area (Å²) in [5, 5.41) is 1.64. The molecule has 0 heterocycles. The standard InChI is InChI=1S/C16H16Cl3NO/c1-3-8-20(2)15-9-11(17)4-7-16(15)21-12-5-6-13(18)14(19)10-12/h4-7,9-10H,3,8H2,1-2H3. The van der Waals surface area contributed by atoms with Crippen molar-refractivity contribution in [1.29, 1.82) is 0 Å². The van der Waals surface area contributed by atoms with E-state index in [4.69, 9.17) is 39.5 Å². The first kappa shape index (κ1) is 16.3. The maximum absolute atomic E-state index is 6.09. The van der Waals surface area contributed by atoms with Gasteiger partial charge in [0.15, 0.2) is 5.75 Å². The van der Waals surface area contributed by atoms with E-state index in [0.29, 0.717) is 20.8 Å². The van der Waals surface area contributed by atoms with Crippen molar-refractivity contribution in [3.05, 3.63) is 51.5 Å². The molecule has 0 N–H and O–H groups in total. The summed E-state index contributed by atoms with van der Waals surface area (Å²) in [6.45, 7) is 3.04. The smallest absolute Gasteiger partial charge is 0.150 e. The Hall–Kier alpha value is -1.09. The van der Waals surface area contributed by atoms with Crippen LogP contribution in [0.1, 0.15) is 13.3 Å². The molecule has 112 valence electrons. The lowest BCUT2D eigenvalue weighted by Crippen LogP contribution is -2.18. The average molecular weight is 345 g/mol. The predicted molar refractivity (Wildman–Crippen MR) is 91.5 cm³/mol. The Morgan fingerprint density at radius 2 is 1.76 bits per heavy atom. The van der Waals surface area contributed by atoms with Gasteiger partial charge in [-0.3, -0.25) is 0 Å². The van der Waals surface area contributed by atoms with Crippen LogP contribution in [0.15, 0.2) is 36.4 Å². The molecule has 0 aliphatic rings. The van der Waals surface area contributed by atoms with Gasteiger partial charge in [0, 0.05) is 24.7 Å². The number of hydrogen-bond donors (Lipinski definition) is 0. The second-order valence-electron chi connectivity index (χ2n) is 4.71. The zero-order chi connectivity index (χ0) is 15.4. The van der Waals surface area contributed by atoms with Crippen molar-refractivity contribution in [3.8, 4) is 11.5 Å². The first-order valence-electron chi connectivity index (χ1n) is 6.65. The van der Waals surface area contributed by atoms with Crippen LogP contribution in [0.5, 0.6) is 11.5 Å². The van der Waals surface area contributed by atoms with E-state index in [1.165, 1.54) is 0 Å². The maximum atomic E-state index is 6.09. The van der Waals surface area contributed by atoms with E-state index < -0.39 is 0 Å². The molecule has 0 unspecified atom stereocenters. The minimum absolute atomic E-state index is 0.464. The van der Waals surface area contributed by atoms with Gasteiger partial charge in [-0.05, 0) is 36.8 Å². The Morgan fingerprint density at radius 3 is 2.43 bits per heavy atom. The minimum atomic E-state index is 0.464. The summed E-state index contributed by atoms with van der Waals surface area (Å²) < 4.78 is 5.92. The minimum Gasteiger partial charge on any atom is -0.455 e. The van der Waals surface area contributed by atoms with E-state index in [1.54, 1.807) is 24.3 Å². The van der Waals surface area contributed by atoms with E-state index in [2.05, 4.69) is 11.8 Å². The number of benzene rings is 2. The summed E-state index contributed by atoms with van der Waals surface area (Å²) in [4.78, 5) is 2.11. The Morgan fingerprint density at radius 1 is 1.00 bits per heavy atom. The zero-order valence-electron chi connectivity index (χ0n) is 11.9. The molecule has 2 aromatic carbocycles. The van der Waals surface area contributed by atoms with Crippen molar-refractivity contribution in [2.45, 2.75) is 13.3 Å². The Kier molecular flexibility index (Phi) is 5.63. The highest BCUT2D eigenvalue weighted by molar-refractivity contribution is 6.42. The van der Waals surface area contributed by atoms with Gasteiger partial charge < -0.3 is 9.64 Å². The van der Waals surface area contributed by atoms with Gasteiger partial charge in [0.05, 0.1) is 15.7 Å². The van der Waals surface area contributed by atoms with Gasteiger partial charge in [0.25, 0.3) is 0 Å². The Balaban J connectivity index is 2.32. The third-order valence-electron chi connectivity index (χ3n) is 3.01. The normalized spacial score (nSPS) is 10.5. The Labute approximate surface area is 140 Å². The van der Waals surface area contributed by atoms with Gasteiger partial charge in [-0.15, -0.1) is 0 Å². The fourth-order valence-electron chi connectivity index (χ4n) is 2.00. The molecule has 21 heavy (non-hydrogen) atoms. The third kappa shape index (κ3) is 4.19. The van der Waals surface area contributed by atoms with Crippen LogP contribution in [0, 0.1) is 0 Å². The van der Waals surface area contributed by atoms with E-state index in [9.17, 15) is 0 Å². The number of hydrogen-bond acceptors (Lipinski definition) is 2. The summed E-state index contributed by atoms with van der Waals surface area (Å²) in [5.41, 5.74) is 0.940. The lowest BCUT2D eigenvalue weighted by atomic mass is 10.2. The SMILES string of the molecule is CCCN(C)c1cc(Cl)ccc1Oc1ccc(Cl)c(Cl)c1. The fraction of sp³-hybridized carbons (Fsp3) is 0.250. The molecule has 0 bridgehead atoms. The van der Waals surface area contributed by atoms with Gasteiger partial charge >= 0.3 is 0 Å². The van der Waals surface area contributed by atoms with Crippen molar-refractivity contribution in [2.24, 2.45) is 0 Å². The van der Waals surface area contributed by atoms with Crippen molar-refractivity contribution in [1.82, 2.24) is 0 Å². The van der Waals surface area contributed by atoms with Crippen LogP contribution < -0.4 is 9.64 Å². The molecule has 2 nitrogen and oxygen atoms in total. The molecule has 0 radical (unpaired) electrons. The van der Waals surface area contributed by atoms with Crippen LogP contribution in [0.25, 0.3) is 0 Å². The van der Waals surface area contributed by atoms with Crippen LogP contribution in [-0.2, 0) is 0 Å². The molecule has 0 atom stereocenters. The number of rotatable bonds is 5. The van der Waals surface area contributed by atoms with Crippen LogP contribution in [0.4, 0.5) is 5.69 Å². The summed E-state index contributed by atoms with van der Waals surface area (Å²) in [6.07, 6.45) is 1.04. The molecule has 0 amide bonds. The summed E-state index contributed by atoms with van der Waals surface area (Å²) in [6, 6.07) is 10.7. The van der Waals surface area contributed by atoms with Gasteiger partial charge in [-0.1, -0.05) is 41.7 Å². The molecule has 0 aliphatic heterocycles. The highest BCUT2D eigenvalue weighted by atomic mass is 35.5. The average Bonchev–Trinajstić information content (AvgIpc) is 2.45. The van der Waals surface area contributed by atoms with Crippen molar-refractivity contribution < 1.29 is 4.74 Å². The number of ether oxygens (including phenoxy) is 1. The molecule has 0 aromatic heterocycles. The molecule has 0 fully saturated rings. The highest BCUT2D eigenvalue weighted by Gasteiger charge is 2.11. The van der Waals surface area contributed by atoms with E-state index in [0.717, 1.165) is 24.4 Å². The van der Waals surface area contributed by atoms with Crippen LogP contribution >= 0.6 is 34.8 Å². The molecule has 5 heteroatoms. The number of nitrogens with zero attached hydrogens (tertiary/aromatic N) is 1. The van der Waals surface area contributed by atoms with Gasteiger partial charge in [0.2, 0.25) is 0 Å². The summed E-state index contributed by atoms with van der Waals surface area (Å²) >= 11 is 18.0. The molecule has 0 saturated heterocycles. The van der Waals surface area contributed by atoms with Crippen molar-refractivity contribution in [2.75, 3.05) is 18.5 Å². The second kappa shape index (κ2) is 7.26. The topological polar surface area (TPSA) is 12.5 Å². The number of anilines is 1. The van der Waals surface area contributed by atoms with Gasteiger partial charge in [0.1, 0.15) is 5.75 Å². The van der Waals surface area contributed by atoms with E-state index in [-0.39, 0.29) is 0 Å². The van der Waals surface area contributed by atoms with E-state index >= 15 is 0 Å². The summed E-state index contributed by atoms with van der Waals surface area (Å²) in [5.74, 6) is 1.37. The fourth-order valence-corrected chi connectivity index (χ4v) is 2.45. The Bertz CT molecular complexity index is 631. The molecular formula is C16H16Cl3NO. The predicted octanol–water partition coefficient (Wildman–Crippen LogP) is 6.29. The van der Waals surface area contributed by atoms with E-state index in [1.807, 2.05) is 19.2 Å². The largest absolute Gasteiger partial charge is 0.455 e. The second-order valence-corrected chi connectivity index (χ2v) is 5.96. The van der Waals surface area contributed by atoms with Gasteiger partial charge in [-0.25, -0.2) is 0 Å². The van der Waals surface area contributed by atoms with Crippen molar-refractivity contribution >= 4 is 40.5 Å². The first-order chi connectivity index (χ1) is 10.0. The molecule has 0 spiro atoms. The maximum Gasteiger partial charge on any atom is 0.150 e. The van der Waals surface area contributed by atoms with Gasteiger partial charge in [-0.2, -0.15) is 0 Å². The summed E-state index contributed by atoms with van der Waals surface area (Å²) in [7, 11) is 2.01. The molecule has 2 rings (SSSR count). The molecule has 0 aliphatic carbocycles. The van der Waals surface area contributed by atoms with Crippen LogP contribution in [-0.4, -0.2) is 13.6 Å². The zero-order valence-corrected chi connectivity index (χ0v) is 14.1. The van der Waals surface area contributed by atoms with Crippen LogP contribution in [0.3, 0.4) is 0 Å². The number of halogens is 3. The van der Waals surface area contributed by atoms with Crippen LogP contribution in [0.2, 0.25) is 15.1 Å². The molecule has 0 saturated carbocycles. The lowest BCUT2D eigenvalue weighted by Gasteiger charge is -2.22. The third-order valence-corrected chi connectivity index (χ3v) is 3.98. The molecular weight excluding hydrogens is 329 g/mol.